The van der Waals surface area contributed by atoms with Crippen LogP contribution in [0.3, 0.4) is 0 Å². The maximum atomic E-state index is 11.1. The van der Waals surface area contributed by atoms with Crippen LogP contribution >= 0.6 is 0 Å². The Bertz CT molecular complexity index is 367. The fraction of sp³-hybridized carbons (Fsp3) is 1.00. The molecule has 29 heavy (non-hydrogen) atoms. The van der Waals surface area contributed by atoms with E-state index in [1.165, 1.54) is 0 Å². The van der Waals surface area contributed by atoms with Crippen LogP contribution in [0.25, 0.3) is 0 Å². The highest BCUT2D eigenvalue weighted by Crippen LogP contribution is 2.27. The fourth-order valence-corrected chi connectivity index (χ4v) is 18.8. The predicted octanol–water partition coefficient (Wildman–Crippen LogP) is 5.81. The van der Waals surface area contributed by atoms with Gasteiger partial charge < -0.3 is 30.2 Å². The van der Waals surface area contributed by atoms with Crippen LogP contribution in [-0.4, -0.2) is 61.0 Å². The van der Waals surface area contributed by atoms with E-state index in [9.17, 15) is 9.59 Å². The highest BCUT2D eigenvalue weighted by molar-refractivity contribution is 6.89. The van der Waals surface area contributed by atoms with Crippen molar-refractivity contribution in [1.29, 1.82) is 0 Å². The molecule has 7 nitrogen and oxygen atoms in total. The lowest BCUT2D eigenvalue weighted by atomic mass is 11.8. The van der Waals surface area contributed by atoms with Crippen molar-refractivity contribution < 1.29 is 30.2 Å². The zero-order valence-corrected chi connectivity index (χ0v) is 23.9. The number of rotatable bonds is 10. The van der Waals surface area contributed by atoms with Crippen molar-refractivity contribution in [3.8, 4) is 0 Å². The first-order valence-electron chi connectivity index (χ1n) is 8.49. The molecule has 2 N–H and O–H groups in total. The normalized spacial score (nSPS) is 13.4. The molecule has 0 radical (unpaired) electrons. The smallest absolute Gasteiger partial charge is 0.395 e. The van der Waals surface area contributed by atoms with Gasteiger partial charge in [-0.1, -0.05) is 29.7 Å². The average molecular weight is 527 g/mol. The summed E-state index contributed by atoms with van der Waals surface area (Å²) in [7, 11) is -17.1. The van der Waals surface area contributed by atoms with Crippen LogP contribution in [0.4, 0.5) is 0 Å². The Balaban J connectivity index is -0.000000480. The van der Waals surface area contributed by atoms with E-state index in [0.29, 0.717) is 0 Å². The summed E-state index contributed by atoms with van der Waals surface area (Å²) in [5.74, 6) is 0. The molecule has 0 atom stereocenters. The maximum absolute atomic E-state index is 11.1. The second-order valence-electron chi connectivity index (χ2n) is 10.0. The summed E-state index contributed by atoms with van der Waals surface area (Å²) in [5.41, 5.74) is 0. The number of hydrogen-bond acceptors (Lipinski definition) is 7. The van der Waals surface area contributed by atoms with Crippen molar-refractivity contribution in [2.24, 2.45) is 0 Å². The van der Waals surface area contributed by atoms with Crippen molar-refractivity contribution in [3.05, 3.63) is 0 Å². The summed E-state index contributed by atoms with van der Waals surface area (Å²) in [4.78, 5) is 22.2. The molecule has 0 spiro atoms. The number of hydrogen-bond donors (Lipinski definition) is 2. The van der Waals surface area contributed by atoms with Crippen LogP contribution in [0.2, 0.25) is 78.6 Å². The highest BCUT2D eigenvalue weighted by Gasteiger charge is 2.60. The van der Waals surface area contributed by atoms with Crippen molar-refractivity contribution in [1.82, 2.24) is 0 Å². The molecule has 0 saturated heterocycles. The van der Waals surface area contributed by atoms with Crippen LogP contribution in [0.1, 0.15) is 29.7 Å². The standard InChI is InChI=1S/C12H38O7Si6.4CH4/c1-20(2,3)15-24(13,16-21(4,5)6)19-25(14,17-22(7,8)9)18-23(10,11)12;;;;/h13-14H,1-12H3;4*1H4. The van der Waals surface area contributed by atoms with E-state index in [1.54, 1.807) is 0 Å². The van der Waals surface area contributed by atoms with Gasteiger partial charge in [0.2, 0.25) is 0 Å². The predicted molar refractivity (Wildman–Crippen MR) is 142 cm³/mol. The van der Waals surface area contributed by atoms with Crippen LogP contribution in [0.5, 0.6) is 0 Å². The zero-order chi connectivity index (χ0) is 20.5. The van der Waals surface area contributed by atoms with E-state index in [1.807, 2.05) is 78.6 Å². The van der Waals surface area contributed by atoms with Crippen LogP contribution in [-0.2, 0) is 20.6 Å². The molecule has 0 aliphatic rings. The largest absolute Gasteiger partial charge is 0.649 e. The molecule has 0 aromatic carbocycles. The molecule has 0 bridgehead atoms. The van der Waals surface area contributed by atoms with E-state index in [-0.39, 0.29) is 29.7 Å². The van der Waals surface area contributed by atoms with E-state index in [4.69, 9.17) is 20.6 Å². The monoisotopic (exact) mass is 526 g/mol. The molecular formula is C16H54O7Si6. The lowest BCUT2D eigenvalue weighted by Gasteiger charge is -2.40. The van der Waals surface area contributed by atoms with E-state index in [0.717, 1.165) is 0 Å². The van der Waals surface area contributed by atoms with E-state index < -0.39 is 51.4 Å². The molecule has 0 aliphatic carbocycles. The zero-order valence-electron chi connectivity index (χ0n) is 17.9. The van der Waals surface area contributed by atoms with Crippen molar-refractivity contribution in [2.45, 2.75) is 108 Å². The van der Waals surface area contributed by atoms with Crippen molar-refractivity contribution in [3.63, 3.8) is 0 Å². The maximum Gasteiger partial charge on any atom is 0.649 e. The SMILES string of the molecule is C.C.C.C.C[Si](C)(C)O[Si](O)(O[Si](C)(C)C)O[Si](O)(O[Si](C)(C)C)O[Si](C)(C)C. The fourth-order valence-electron chi connectivity index (χ4n) is 1.84. The summed E-state index contributed by atoms with van der Waals surface area (Å²) in [6.45, 7) is 23.2. The third-order valence-corrected chi connectivity index (χ3v) is 18.0. The Morgan fingerprint density at radius 2 is 0.483 bits per heavy atom. The van der Waals surface area contributed by atoms with Crippen LogP contribution in [0, 0.1) is 0 Å². The first-order valence-corrected chi connectivity index (χ1v) is 25.5. The van der Waals surface area contributed by atoms with E-state index in [2.05, 4.69) is 0 Å². The molecule has 0 amide bonds. The van der Waals surface area contributed by atoms with Crippen LogP contribution in [0.15, 0.2) is 0 Å². The average Bonchev–Trinajstić information content (AvgIpc) is 1.97. The van der Waals surface area contributed by atoms with E-state index >= 15 is 0 Å². The molecule has 0 aromatic heterocycles. The van der Waals surface area contributed by atoms with Gasteiger partial charge in [-0.2, -0.15) is 0 Å². The Morgan fingerprint density at radius 1 is 0.345 bits per heavy atom. The Hall–Kier alpha value is 1.02. The van der Waals surface area contributed by atoms with Gasteiger partial charge in [0.25, 0.3) is 0 Å². The molecule has 0 rings (SSSR count). The molecule has 0 fully saturated rings. The first kappa shape index (κ1) is 40.4. The summed E-state index contributed by atoms with van der Waals surface area (Å²) < 4.78 is 29.3. The second-order valence-corrected chi connectivity index (χ2v) is 33.1. The van der Waals surface area contributed by atoms with Gasteiger partial charge in [0.1, 0.15) is 0 Å². The topological polar surface area (TPSA) is 86.6 Å². The minimum atomic E-state index is -4.13. The molecule has 184 valence electrons. The molecule has 0 saturated carbocycles. The Morgan fingerprint density at radius 3 is 0.586 bits per heavy atom. The van der Waals surface area contributed by atoms with Crippen LogP contribution < -0.4 is 0 Å². The van der Waals surface area contributed by atoms with Gasteiger partial charge in [0.05, 0.1) is 0 Å². The molecule has 0 heterocycles. The lowest BCUT2D eigenvalue weighted by Crippen LogP contribution is -2.67. The van der Waals surface area contributed by atoms with Gasteiger partial charge in [-0.3, -0.25) is 0 Å². The van der Waals surface area contributed by atoms with Gasteiger partial charge >= 0.3 is 18.1 Å². The minimum Gasteiger partial charge on any atom is -0.395 e. The molecule has 0 unspecified atom stereocenters. The lowest BCUT2D eigenvalue weighted by molar-refractivity contribution is 0.0581. The van der Waals surface area contributed by atoms with Gasteiger partial charge in [-0.15, -0.1) is 0 Å². The van der Waals surface area contributed by atoms with Gasteiger partial charge in [-0.05, 0) is 78.6 Å². The quantitative estimate of drug-likeness (QED) is 0.347. The molecule has 13 heteroatoms. The first-order chi connectivity index (χ1) is 10.5. The van der Waals surface area contributed by atoms with Gasteiger partial charge in [-0.25, -0.2) is 0 Å². The Kier molecular flexibility index (Phi) is 18.0. The van der Waals surface area contributed by atoms with Gasteiger partial charge in [0, 0.05) is 0 Å². The Labute approximate surface area is 189 Å². The summed E-state index contributed by atoms with van der Waals surface area (Å²) in [5, 5.41) is 0. The van der Waals surface area contributed by atoms with Crippen molar-refractivity contribution in [2.75, 3.05) is 0 Å². The molecule has 0 aliphatic heterocycles. The summed E-state index contributed by atoms with van der Waals surface area (Å²) >= 11 is 0. The third kappa shape index (κ3) is 22.0. The summed E-state index contributed by atoms with van der Waals surface area (Å²) in [6.07, 6.45) is 0. The molecule has 0 aromatic rings. The van der Waals surface area contributed by atoms with Crippen molar-refractivity contribution >= 4 is 51.4 Å². The highest BCUT2D eigenvalue weighted by atomic mass is 28.6. The minimum absolute atomic E-state index is 0. The molecular weight excluding hydrogens is 473 g/mol. The van der Waals surface area contributed by atoms with Gasteiger partial charge in [0.15, 0.2) is 33.3 Å². The third-order valence-electron chi connectivity index (χ3n) is 2.00. The second kappa shape index (κ2) is 12.9. The summed E-state index contributed by atoms with van der Waals surface area (Å²) in [6, 6.07) is 0.